The lowest BCUT2D eigenvalue weighted by Gasteiger charge is -2.36. The molecule has 1 aliphatic carbocycles. The van der Waals surface area contributed by atoms with E-state index in [1.807, 2.05) is 32.0 Å². The highest BCUT2D eigenvalue weighted by Crippen LogP contribution is 2.32. The molecule has 0 atom stereocenters. The monoisotopic (exact) mass is 322 g/mol. The summed E-state index contributed by atoms with van der Waals surface area (Å²) in [5.41, 5.74) is 1.38. The third-order valence-electron chi connectivity index (χ3n) is 5.03. The Balaban J connectivity index is 1.64. The molecule has 0 saturated heterocycles. The number of hydrogen-bond donors (Lipinski definition) is 2. The van der Waals surface area contributed by atoms with Crippen molar-refractivity contribution in [2.24, 2.45) is 5.92 Å². The average Bonchev–Trinajstić information content (AvgIpc) is 2.54. The molecule has 1 amide bonds. The van der Waals surface area contributed by atoms with Crippen LogP contribution in [0.2, 0.25) is 0 Å². The zero-order valence-corrected chi connectivity index (χ0v) is 14.2. The lowest BCUT2D eigenvalue weighted by Crippen LogP contribution is -2.41. The van der Waals surface area contributed by atoms with Gasteiger partial charge in [-0.15, -0.1) is 0 Å². The second kappa shape index (κ2) is 6.56. The molecule has 0 unspecified atom stereocenters. The smallest absolute Gasteiger partial charge is 0.253 e. The molecule has 24 heavy (non-hydrogen) atoms. The van der Waals surface area contributed by atoms with Crippen LogP contribution in [0.15, 0.2) is 30.5 Å². The Hall–Kier alpha value is -1.88. The zero-order chi connectivity index (χ0) is 17.3. The Bertz CT molecular complexity index is 747. The minimum atomic E-state index is -0.640. The van der Waals surface area contributed by atoms with E-state index in [4.69, 9.17) is 7.85 Å². The number of rotatable bonds is 3. The fourth-order valence-corrected chi connectivity index (χ4v) is 3.48. The predicted octanol–water partition coefficient (Wildman–Crippen LogP) is 2.09. The van der Waals surface area contributed by atoms with Crippen molar-refractivity contribution in [2.75, 3.05) is 0 Å². The Kier molecular flexibility index (Phi) is 4.63. The van der Waals surface area contributed by atoms with Gasteiger partial charge in [0.2, 0.25) is 0 Å². The molecule has 1 aromatic heterocycles. The topological polar surface area (TPSA) is 62.2 Å². The molecule has 3 rings (SSSR count). The van der Waals surface area contributed by atoms with Crippen molar-refractivity contribution in [2.45, 2.75) is 51.2 Å². The van der Waals surface area contributed by atoms with Gasteiger partial charge in [0, 0.05) is 17.6 Å². The number of nitrogens with one attached hydrogen (secondary N) is 1. The van der Waals surface area contributed by atoms with E-state index in [2.05, 4.69) is 10.3 Å². The maximum atomic E-state index is 12.5. The number of benzene rings is 1. The number of carbonyl (C=O) groups is 1. The first-order valence-corrected chi connectivity index (χ1v) is 8.51. The van der Waals surface area contributed by atoms with Crippen LogP contribution in [0.3, 0.4) is 0 Å². The fraction of sp³-hybridized carbons (Fsp3) is 0.474. The second-order valence-electron chi connectivity index (χ2n) is 7.35. The van der Waals surface area contributed by atoms with Crippen LogP contribution in [-0.2, 0) is 0 Å². The van der Waals surface area contributed by atoms with Crippen molar-refractivity contribution in [1.29, 1.82) is 0 Å². The van der Waals surface area contributed by atoms with E-state index in [-0.39, 0.29) is 11.9 Å². The van der Waals surface area contributed by atoms with Crippen LogP contribution in [0.1, 0.15) is 49.9 Å². The maximum absolute atomic E-state index is 12.5. The quantitative estimate of drug-likeness (QED) is 0.851. The van der Waals surface area contributed by atoms with Crippen molar-refractivity contribution < 1.29 is 9.90 Å². The highest BCUT2D eigenvalue weighted by atomic mass is 16.3. The SMILES string of the molecule is [B]c1ccc2cc(C(=O)NC3CCC(C(C)(C)O)CC3)cnc2c1. The van der Waals surface area contributed by atoms with E-state index in [9.17, 15) is 9.90 Å². The molecule has 1 saturated carbocycles. The summed E-state index contributed by atoms with van der Waals surface area (Å²) in [5, 5.41) is 14.1. The van der Waals surface area contributed by atoms with Crippen molar-refractivity contribution in [1.82, 2.24) is 10.3 Å². The number of hydrogen-bond acceptors (Lipinski definition) is 3. The molecule has 1 heterocycles. The summed E-state index contributed by atoms with van der Waals surface area (Å²) < 4.78 is 0. The van der Waals surface area contributed by atoms with Gasteiger partial charge in [-0.05, 0) is 57.6 Å². The van der Waals surface area contributed by atoms with E-state index in [1.165, 1.54) is 0 Å². The van der Waals surface area contributed by atoms with E-state index in [0.717, 1.165) is 36.6 Å². The van der Waals surface area contributed by atoms with Crippen LogP contribution in [0.25, 0.3) is 10.9 Å². The Labute approximate surface area is 144 Å². The second-order valence-corrected chi connectivity index (χ2v) is 7.35. The van der Waals surface area contributed by atoms with Crippen LogP contribution >= 0.6 is 0 Å². The van der Waals surface area contributed by atoms with Gasteiger partial charge in [0.25, 0.3) is 5.91 Å². The number of carbonyl (C=O) groups excluding carboxylic acids is 1. The summed E-state index contributed by atoms with van der Waals surface area (Å²) >= 11 is 0. The molecule has 2 aromatic rings. The lowest BCUT2D eigenvalue weighted by molar-refractivity contribution is -0.00257. The number of nitrogens with zero attached hydrogens (tertiary/aromatic N) is 1. The largest absolute Gasteiger partial charge is 0.390 e. The number of pyridine rings is 1. The molecular weight excluding hydrogens is 299 g/mol. The third-order valence-corrected chi connectivity index (χ3v) is 5.03. The molecule has 4 nitrogen and oxygen atoms in total. The summed E-state index contributed by atoms with van der Waals surface area (Å²) in [7, 11) is 5.75. The van der Waals surface area contributed by atoms with Gasteiger partial charge in [-0.2, -0.15) is 0 Å². The summed E-state index contributed by atoms with van der Waals surface area (Å²) in [6.07, 6.45) is 5.27. The molecule has 1 aromatic carbocycles. The van der Waals surface area contributed by atoms with Crippen LogP contribution in [-0.4, -0.2) is 35.5 Å². The molecule has 2 N–H and O–H groups in total. The standard InChI is InChI=1S/C19H23BN2O2/c1-19(2,24)14-4-7-16(8-5-14)22-18(23)13-9-12-3-6-15(20)10-17(12)21-11-13/h3,6,9-11,14,16,24H,4-5,7-8H2,1-2H3,(H,22,23). The van der Waals surface area contributed by atoms with Crippen molar-refractivity contribution in [3.63, 3.8) is 0 Å². The van der Waals surface area contributed by atoms with Gasteiger partial charge in [-0.3, -0.25) is 9.78 Å². The number of aliphatic hydroxyl groups is 1. The maximum Gasteiger partial charge on any atom is 0.253 e. The Morgan fingerprint density at radius 3 is 2.62 bits per heavy atom. The van der Waals surface area contributed by atoms with Gasteiger partial charge in [0.05, 0.1) is 16.7 Å². The number of amides is 1. The average molecular weight is 322 g/mol. The van der Waals surface area contributed by atoms with Gasteiger partial charge >= 0.3 is 0 Å². The molecule has 1 fully saturated rings. The van der Waals surface area contributed by atoms with Crippen LogP contribution in [0.4, 0.5) is 0 Å². The first-order chi connectivity index (χ1) is 11.3. The molecule has 0 spiro atoms. The van der Waals surface area contributed by atoms with Gasteiger partial charge < -0.3 is 10.4 Å². The van der Waals surface area contributed by atoms with Crippen molar-refractivity contribution in [3.8, 4) is 0 Å². The highest BCUT2D eigenvalue weighted by Gasteiger charge is 2.31. The minimum absolute atomic E-state index is 0.0899. The number of fused-ring (bicyclic) bond motifs is 1. The molecule has 5 heteroatoms. The number of aromatic nitrogens is 1. The van der Waals surface area contributed by atoms with Crippen LogP contribution < -0.4 is 10.8 Å². The van der Waals surface area contributed by atoms with Crippen molar-refractivity contribution in [3.05, 3.63) is 36.0 Å². The van der Waals surface area contributed by atoms with E-state index in [0.29, 0.717) is 16.9 Å². The Morgan fingerprint density at radius 2 is 1.96 bits per heavy atom. The van der Waals surface area contributed by atoms with Gasteiger partial charge in [-0.25, -0.2) is 0 Å². The Morgan fingerprint density at radius 1 is 1.25 bits per heavy atom. The normalized spacial score (nSPS) is 21.6. The molecular formula is C19H23BN2O2. The summed E-state index contributed by atoms with van der Waals surface area (Å²) in [5.74, 6) is 0.214. The highest BCUT2D eigenvalue weighted by molar-refractivity contribution is 6.33. The summed E-state index contributed by atoms with van der Waals surface area (Å²) in [6.45, 7) is 3.73. The van der Waals surface area contributed by atoms with E-state index >= 15 is 0 Å². The molecule has 124 valence electrons. The molecule has 0 bridgehead atoms. The van der Waals surface area contributed by atoms with Gasteiger partial charge in [0.15, 0.2) is 0 Å². The van der Waals surface area contributed by atoms with E-state index in [1.54, 1.807) is 12.3 Å². The zero-order valence-electron chi connectivity index (χ0n) is 14.2. The minimum Gasteiger partial charge on any atom is -0.390 e. The first kappa shape index (κ1) is 17.0. The predicted molar refractivity (Wildman–Crippen MR) is 96.6 cm³/mol. The van der Waals surface area contributed by atoms with Gasteiger partial charge in [-0.1, -0.05) is 17.6 Å². The molecule has 0 aliphatic heterocycles. The fourth-order valence-electron chi connectivity index (χ4n) is 3.48. The molecule has 2 radical (unpaired) electrons. The summed E-state index contributed by atoms with van der Waals surface area (Å²) in [4.78, 5) is 16.8. The van der Waals surface area contributed by atoms with E-state index < -0.39 is 5.60 Å². The first-order valence-electron chi connectivity index (χ1n) is 8.51. The van der Waals surface area contributed by atoms with Gasteiger partial charge in [0.1, 0.15) is 7.85 Å². The van der Waals surface area contributed by atoms with Crippen LogP contribution in [0.5, 0.6) is 0 Å². The third kappa shape index (κ3) is 3.78. The molecule has 1 aliphatic rings. The lowest BCUT2D eigenvalue weighted by atomic mass is 9.77. The van der Waals surface area contributed by atoms with Crippen molar-refractivity contribution >= 4 is 30.1 Å². The van der Waals surface area contributed by atoms with Crippen LogP contribution in [0, 0.1) is 5.92 Å². The summed E-state index contributed by atoms with van der Waals surface area (Å²) in [6, 6.07) is 7.50.